The van der Waals surface area contributed by atoms with Gasteiger partial charge in [-0.3, -0.25) is 14.6 Å². The zero-order valence-corrected chi connectivity index (χ0v) is 13.2. The van der Waals surface area contributed by atoms with E-state index in [1.165, 1.54) is 19.4 Å². The molecule has 1 aliphatic rings. The third-order valence-corrected chi connectivity index (χ3v) is 4.13. The first kappa shape index (κ1) is 16.0. The summed E-state index contributed by atoms with van der Waals surface area (Å²) < 4.78 is 10.6. The Morgan fingerprint density at radius 1 is 1.38 bits per heavy atom. The van der Waals surface area contributed by atoms with Crippen LogP contribution in [0.5, 0.6) is 11.5 Å². The van der Waals surface area contributed by atoms with Crippen molar-refractivity contribution in [3.8, 4) is 11.5 Å². The normalized spacial score (nSPS) is 18.5. The fourth-order valence-electron chi connectivity index (χ4n) is 2.88. The minimum absolute atomic E-state index is 0.0580. The number of ketones is 1. The van der Waals surface area contributed by atoms with Crippen molar-refractivity contribution in [3.05, 3.63) is 53.9 Å². The first-order valence-corrected chi connectivity index (χ1v) is 7.57. The summed E-state index contributed by atoms with van der Waals surface area (Å²) in [6, 6.07) is 8.09. The van der Waals surface area contributed by atoms with Gasteiger partial charge in [0.1, 0.15) is 11.5 Å². The third kappa shape index (κ3) is 2.95. The molecular weight excluding hydrogens is 310 g/mol. The molecule has 2 aromatic rings. The molecule has 6 heteroatoms. The number of carbonyl (C=O) groups excluding carboxylic acids is 2. The Bertz CT molecular complexity index is 774. The molecule has 0 fully saturated rings. The van der Waals surface area contributed by atoms with Crippen LogP contribution in [0.4, 0.5) is 0 Å². The maximum absolute atomic E-state index is 13.0. The molecule has 1 unspecified atom stereocenters. The van der Waals surface area contributed by atoms with Crippen LogP contribution in [0, 0.1) is 0 Å². The van der Waals surface area contributed by atoms with Crippen molar-refractivity contribution in [3.63, 3.8) is 0 Å². The summed E-state index contributed by atoms with van der Waals surface area (Å²) in [7, 11) is 1.31. The van der Waals surface area contributed by atoms with E-state index in [1.807, 2.05) is 0 Å². The van der Waals surface area contributed by atoms with E-state index in [9.17, 15) is 14.7 Å². The van der Waals surface area contributed by atoms with E-state index >= 15 is 0 Å². The van der Waals surface area contributed by atoms with E-state index in [4.69, 9.17) is 4.74 Å². The molecule has 124 valence electrons. The fraction of sp³-hybridized carbons (Fsp3) is 0.278. The van der Waals surface area contributed by atoms with Crippen LogP contribution in [-0.4, -0.2) is 34.6 Å². The zero-order valence-electron chi connectivity index (χ0n) is 13.2. The molecule has 1 aliphatic heterocycles. The lowest BCUT2D eigenvalue weighted by Crippen LogP contribution is -2.44. The first-order valence-electron chi connectivity index (χ1n) is 7.57. The monoisotopic (exact) mass is 327 g/mol. The number of fused-ring (bicyclic) bond motifs is 1. The van der Waals surface area contributed by atoms with Gasteiger partial charge in [-0.2, -0.15) is 0 Å². The Kier molecular flexibility index (Phi) is 4.20. The molecule has 0 bridgehead atoms. The first-order chi connectivity index (χ1) is 11.5. The van der Waals surface area contributed by atoms with E-state index in [-0.39, 0.29) is 24.4 Å². The SMILES string of the molecule is COC(=O)CCC1(C(=O)c2cccnc2)Cc2ccc(O)cc2O1. The predicted molar refractivity (Wildman–Crippen MR) is 85.0 cm³/mol. The van der Waals surface area contributed by atoms with Crippen molar-refractivity contribution in [2.45, 2.75) is 24.9 Å². The van der Waals surface area contributed by atoms with Crippen LogP contribution in [0.1, 0.15) is 28.8 Å². The summed E-state index contributed by atoms with van der Waals surface area (Å²) in [4.78, 5) is 28.6. The average Bonchev–Trinajstić information content (AvgIpc) is 2.98. The number of esters is 1. The van der Waals surface area contributed by atoms with E-state index in [0.717, 1.165) is 5.56 Å². The van der Waals surface area contributed by atoms with Crippen LogP contribution < -0.4 is 4.74 Å². The molecule has 0 saturated heterocycles. The van der Waals surface area contributed by atoms with Gasteiger partial charge in [-0.25, -0.2) is 0 Å². The second-order valence-corrected chi connectivity index (χ2v) is 5.71. The second-order valence-electron chi connectivity index (χ2n) is 5.71. The summed E-state index contributed by atoms with van der Waals surface area (Å²) >= 11 is 0. The van der Waals surface area contributed by atoms with E-state index < -0.39 is 11.6 Å². The number of nitrogens with zero attached hydrogens (tertiary/aromatic N) is 1. The minimum Gasteiger partial charge on any atom is -0.508 e. The molecule has 0 spiro atoms. The molecule has 0 aliphatic carbocycles. The molecule has 24 heavy (non-hydrogen) atoms. The molecule has 0 amide bonds. The maximum Gasteiger partial charge on any atom is 0.305 e. The van der Waals surface area contributed by atoms with E-state index in [2.05, 4.69) is 9.72 Å². The summed E-state index contributed by atoms with van der Waals surface area (Å²) in [5.74, 6) is -0.130. The van der Waals surface area contributed by atoms with Crippen molar-refractivity contribution in [1.29, 1.82) is 0 Å². The van der Waals surface area contributed by atoms with Gasteiger partial charge in [0, 0.05) is 43.3 Å². The number of hydrogen-bond donors (Lipinski definition) is 1. The second kappa shape index (κ2) is 6.31. The highest BCUT2D eigenvalue weighted by Gasteiger charge is 2.46. The smallest absolute Gasteiger partial charge is 0.305 e. The molecule has 3 rings (SSSR count). The number of rotatable bonds is 5. The van der Waals surface area contributed by atoms with Gasteiger partial charge in [0.05, 0.1) is 7.11 Å². The van der Waals surface area contributed by atoms with Crippen LogP contribution in [-0.2, 0) is 16.0 Å². The maximum atomic E-state index is 13.0. The largest absolute Gasteiger partial charge is 0.508 e. The van der Waals surface area contributed by atoms with Gasteiger partial charge < -0.3 is 14.6 Å². The number of carbonyl (C=O) groups is 2. The highest BCUT2D eigenvalue weighted by Crippen LogP contribution is 2.41. The molecule has 2 heterocycles. The summed E-state index contributed by atoms with van der Waals surface area (Å²) in [5.41, 5.74) is 0.0298. The van der Waals surface area contributed by atoms with Gasteiger partial charge in [-0.15, -0.1) is 0 Å². The van der Waals surface area contributed by atoms with Crippen molar-refractivity contribution in [1.82, 2.24) is 4.98 Å². The third-order valence-electron chi connectivity index (χ3n) is 4.13. The number of Topliss-reactive ketones (excluding diaryl/α,β-unsaturated/α-hetero) is 1. The van der Waals surface area contributed by atoms with Gasteiger partial charge in [0.25, 0.3) is 0 Å². The van der Waals surface area contributed by atoms with E-state index in [0.29, 0.717) is 17.7 Å². The molecule has 0 radical (unpaired) electrons. The topological polar surface area (TPSA) is 85.7 Å². The zero-order chi connectivity index (χ0) is 17.2. The van der Waals surface area contributed by atoms with E-state index in [1.54, 1.807) is 30.5 Å². The van der Waals surface area contributed by atoms with Gasteiger partial charge in [0.2, 0.25) is 5.78 Å². The molecular formula is C18H17NO5. The Balaban J connectivity index is 1.94. The molecule has 1 atom stereocenters. The standard InChI is InChI=1S/C18H17NO5/c1-23-16(21)6-7-18(17(22)13-3-2-8-19-11-13)10-12-4-5-14(20)9-15(12)24-18/h2-5,8-9,11,20H,6-7,10H2,1H3. The lowest BCUT2D eigenvalue weighted by molar-refractivity contribution is -0.141. The predicted octanol–water partition coefficient (Wildman–Crippen LogP) is 2.30. The number of benzene rings is 1. The minimum atomic E-state index is -1.20. The van der Waals surface area contributed by atoms with Gasteiger partial charge in [-0.1, -0.05) is 6.07 Å². The lowest BCUT2D eigenvalue weighted by atomic mass is 9.85. The quantitative estimate of drug-likeness (QED) is 0.670. The average molecular weight is 327 g/mol. The lowest BCUT2D eigenvalue weighted by Gasteiger charge is -2.27. The number of pyridine rings is 1. The summed E-state index contributed by atoms with van der Waals surface area (Å²) in [6.45, 7) is 0. The molecule has 1 N–H and O–H groups in total. The molecule has 1 aromatic heterocycles. The number of aromatic hydroxyl groups is 1. The Morgan fingerprint density at radius 3 is 2.92 bits per heavy atom. The highest BCUT2D eigenvalue weighted by atomic mass is 16.5. The molecule has 6 nitrogen and oxygen atoms in total. The number of methoxy groups -OCH3 is 1. The number of aromatic nitrogens is 1. The number of hydrogen-bond acceptors (Lipinski definition) is 6. The Morgan fingerprint density at radius 2 is 2.21 bits per heavy atom. The van der Waals surface area contributed by atoms with Crippen LogP contribution >= 0.6 is 0 Å². The summed E-state index contributed by atoms with van der Waals surface area (Å²) in [6.07, 6.45) is 3.63. The van der Waals surface area contributed by atoms with Crippen molar-refractivity contribution in [2.24, 2.45) is 0 Å². The fourth-order valence-corrected chi connectivity index (χ4v) is 2.88. The van der Waals surface area contributed by atoms with Gasteiger partial charge >= 0.3 is 5.97 Å². The van der Waals surface area contributed by atoms with Crippen LogP contribution in [0.3, 0.4) is 0 Å². The van der Waals surface area contributed by atoms with Crippen molar-refractivity contribution < 1.29 is 24.2 Å². The molecule has 0 saturated carbocycles. The number of phenols is 1. The van der Waals surface area contributed by atoms with Crippen LogP contribution in [0.15, 0.2) is 42.7 Å². The van der Waals surface area contributed by atoms with Crippen molar-refractivity contribution in [2.75, 3.05) is 7.11 Å². The summed E-state index contributed by atoms with van der Waals surface area (Å²) in [5, 5.41) is 9.63. The van der Waals surface area contributed by atoms with Gasteiger partial charge in [0.15, 0.2) is 5.60 Å². The van der Waals surface area contributed by atoms with Gasteiger partial charge in [-0.05, 0) is 23.8 Å². The Labute approximate surface area is 139 Å². The number of phenolic OH excluding ortho intramolecular Hbond substituents is 1. The van der Waals surface area contributed by atoms with Crippen molar-refractivity contribution >= 4 is 11.8 Å². The highest BCUT2D eigenvalue weighted by molar-refractivity contribution is 6.03. The number of ether oxygens (including phenoxy) is 2. The Hall–Kier alpha value is -2.89. The van der Waals surface area contributed by atoms with Crippen LogP contribution in [0.25, 0.3) is 0 Å². The molecule has 1 aromatic carbocycles. The van der Waals surface area contributed by atoms with Crippen LogP contribution in [0.2, 0.25) is 0 Å².